The van der Waals surface area contributed by atoms with Crippen molar-refractivity contribution in [3.05, 3.63) is 34.8 Å². The van der Waals surface area contributed by atoms with Crippen molar-refractivity contribution >= 4 is 17.3 Å². The number of thiazole rings is 1. The summed E-state index contributed by atoms with van der Waals surface area (Å²) in [4.78, 5) is 16.9. The Morgan fingerprint density at radius 3 is 3.10 bits per heavy atom. The minimum Gasteiger partial charge on any atom is -0.497 e. The fraction of sp³-hybridized carbons (Fsp3) is 0.333. The number of rotatable bonds is 3. The fourth-order valence-corrected chi connectivity index (χ4v) is 3.65. The Morgan fingerprint density at radius 1 is 1.50 bits per heavy atom. The third-order valence-electron chi connectivity index (χ3n) is 3.61. The van der Waals surface area contributed by atoms with Crippen LogP contribution >= 0.6 is 11.3 Å². The van der Waals surface area contributed by atoms with Crippen LogP contribution in [-0.2, 0) is 17.6 Å². The molecule has 1 aromatic carbocycles. The molecule has 4 nitrogen and oxygen atoms in total. The number of hydrogen-bond acceptors (Lipinski definition) is 4. The average Bonchev–Trinajstić information content (AvgIpc) is 2.90. The molecule has 104 valence electrons. The molecule has 0 saturated heterocycles. The van der Waals surface area contributed by atoms with Gasteiger partial charge in [-0.05, 0) is 31.4 Å². The third-order valence-corrected chi connectivity index (χ3v) is 4.77. The van der Waals surface area contributed by atoms with Crippen LogP contribution in [0.1, 0.15) is 17.0 Å². The maximum absolute atomic E-state index is 11.1. The average molecular weight is 289 g/mol. The van der Waals surface area contributed by atoms with Gasteiger partial charge in [-0.3, -0.25) is 4.79 Å². The van der Waals surface area contributed by atoms with Crippen molar-refractivity contribution in [2.75, 3.05) is 7.11 Å². The van der Waals surface area contributed by atoms with Crippen molar-refractivity contribution in [1.82, 2.24) is 4.98 Å². The number of fused-ring (bicyclic) bond motifs is 1. The van der Waals surface area contributed by atoms with Crippen molar-refractivity contribution < 1.29 is 14.6 Å². The Morgan fingerprint density at radius 2 is 2.35 bits per heavy atom. The number of benzene rings is 1. The van der Waals surface area contributed by atoms with E-state index in [-0.39, 0.29) is 5.92 Å². The highest BCUT2D eigenvalue weighted by Crippen LogP contribution is 2.35. The molecule has 0 radical (unpaired) electrons. The van der Waals surface area contributed by atoms with Crippen molar-refractivity contribution in [2.45, 2.75) is 19.3 Å². The summed E-state index contributed by atoms with van der Waals surface area (Å²) in [6, 6.07) is 7.80. The summed E-state index contributed by atoms with van der Waals surface area (Å²) in [5.41, 5.74) is 2.08. The van der Waals surface area contributed by atoms with Crippen LogP contribution in [-0.4, -0.2) is 23.2 Å². The normalized spacial score (nSPS) is 17.6. The van der Waals surface area contributed by atoms with Gasteiger partial charge in [0.05, 0.1) is 18.7 Å². The van der Waals surface area contributed by atoms with Gasteiger partial charge in [0.1, 0.15) is 10.8 Å². The molecule has 1 unspecified atom stereocenters. The molecule has 1 aliphatic rings. The van der Waals surface area contributed by atoms with Crippen LogP contribution in [0.2, 0.25) is 0 Å². The van der Waals surface area contributed by atoms with Crippen LogP contribution in [0.15, 0.2) is 24.3 Å². The van der Waals surface area contributed by atoms with Gasteiger partial charge in [0.15, 0.2) is 0 Å². The lowest BCUT2D eigenvalue weighted by molar-refractivity contribution is -0.142. The highest BCUT2D eigenvalue weighted by molar-refractivity contribution is 7.15. The molecule has 1 atom stereocenters. The zero-order valence-electron chi connectivity index (χ0n) is 11.1. The first-order valence-electron chi connectivity index (χ1n) is 6.53. The van der Waals surface area contributed by atoms with E-state index in [4.69, 9.17) is 9.84 Å². The van der Waals surface area contributed by atoms with Crippen LogP contribution in [0, 0.1) is 5.92 Å². The van der Waals surface area contributed by atoms with E-state index in [1.54, 1.807) is 18.4 Å². The first kappa shape index (κ1) is 13.1. The molecule has 5 heteroatoms. The van der Waals surface area contributed by atoms with Gasteiger partial charge in [0.25, 0.3) is 0 Å². The van der Waals surface area contributed by atoms with E-state index < -0.39 is 5.97 Å². The molecule has 1 heterocycles. The fourth-order valence-electron chi connectivity index (χ4n) is 2.47. The van der Waals surface area contributed by atoms with Crippen molar-refractivity contribution in [2.24, 2.45) is 5.92 Å². The molecule has 0 amide bonds. The summed E-state index contributed by atoms with van der Waals surface area (Å²) >= 11 is 1.60. The first-order chi connectivity index (χ1) is 9.67. The van der Waals surface area contributed by atoms with E-state index in [1.165, 1.54) is 0 Å². The van der Waals surface area contributed by atoms with Gasteiger partial charge < -0.3 is 9.84 Å². The second kappa shape index (κ2) is 5.25. The zero-order chi connectivity index (χ0) is 14.1. The summed E-state index contributed by atoms with van der Waals surface area (Å²) in [7, 11) is 1.64. The maximum atomic E-state index is 11.1. The highest BCUT2D eigenvalue weighted by Gasteiger charge is 2.27. The van der Waals surface area contributed by atoms with Crippen LogP contribution in [0.5, 0.6) is 5.75 Å². The van der Waals surface area contributed by atoms with E-state index in [0.29, 0.717) is 12.8 Å². The predicted octanol–water partition coefficient (Wildman–Crippen LogP) is 3.01. The quantitative estimate of drug-likeness (QED) is 0.943. The van der Waals surface area contributed by atoms with E-state index in [1.807, 2.05) is 24.3 Å². The van der Waals surface area contributed by atoms with Gasteiger partial charge >= 0.3 is 5.97 Å². The zero-order valence-corrected chi connectivity index (χ0v) is 11.9. The van der Waals surface area contributed by atoms with E-state index in [2.05, 4.69) is 4.98 Å². The molecular weight excluding hydrogens is 274 g/mol. The monoisotopic (exact) mass is 289 g/mol. The lowest BCUT2D eigenvalue weighted by Gasteiger charge is -2.16. The summed E-state index contributed by atoms with van der Waals surface area (Å²) < 4.78 is 5.23. The number of hydrogen-bond donors (Lipinski definition) is 1. The predicted molar refractivity (Wildman–Crippen MR) is 77.3 cm³/mol. The minimum absolute atomic E-state index is 0.263. The minimum atomic E-state index is -0.702. The molecule has 0 fully saturated rings. The maximum Gasteiger partial charge on any atom is 0.306 e. The van der Waals surface area contributed by atoms with E-state index in [9.17, 15) is 4.79 Å². The van der Waals surface area contributed by atoms with Crippen molar-refractivity contribution in [3.63, 3.8) is 0 Å². The Kier molecular flexibility index (Phi) is 3.44. The summed E-state index contributed by atoms with van der Waals surface area (Å²) in [6.45, 7) is 0. The molecule has 0 aliphatic heterocycles. The molecule has 0 bridgehead atoms. The lowest BCUT2D eigenvalue weighted by atomic mass is 9.91. The van der Waals surface area contributed by atoms with Gasteiger partial charge in [-0.2, -0.15) is 0 Å². The number of ether oxygens (including phenoxy) is 1. The molecular formula is C15H15NO3S. The van der Waals surface area contributed by atoms with Gasteiger partial charge in [-0.15, -0.1) is 11.3 Å². The standard InChI is InChI=1S/C15H15NO3S/c1-19-11-4-2-3-9(7-11)14-16-12-6-5-10(15(17)18)8-13(12)20-14/h2-4,7,10H,5-6,8H2,1H3,(H,17,18). The highest BCUT2D eigenvalue weighted by atomic mass is 32.1. The van der Waals surface area contributed by atoms with Crippen LogP contribution in [0.25, 0.3) is 10.6 Å². The van der Waals surface area contributed by atoms with Crippen LogP contribution < -0.4 is 4.74 Å². The summed E-state index contributed by atoms with van der Waals surface area (Å²) in [6.07, 6.45) is 2.04. The van der Waals surface area contributed by atoms with Crippen LogP contribution in [0.4, 0.5) is 0 Å². The smallest absolute Gasteiger partial charge is 0.306 e. The van der Waals surface area contributed by atoms with Crippen molar-refractivity contribution in [3.8, 4) is 16.3 Å². The van der Waals surface area contributed by atoms with Gasteiger partial charge in [-0.1, -0.05) is 12.1 Å². The number of methoxy groups -OCH3 is 1. The Bertz CT molecular complexity index is 650. The number of aromatic nitrogens is 1. The second-order valence-corrected chi connectivity index (χ2v) is 5.98. The van der Waals surface area contributed by atoms with Gasteiger partial charge in [0, 0.05) is 10.4 Å². The Hall–Kier alpha value is -1.88. The first-order valence-corrected chi connectivity index (χ1v) is 7.35. The van der Waals surface area contributed by atoms with Crippen molar-refractivity contribution in [1.29, 1.82) is 0 Å². The molecule has 1 N–H and O–H groups in total. The van der Waals surface area contributed by atoms with Crippen LogP contribution in [0.3, 0.4) is 0 Å². The Labute approximate surface area is 121 Å². The SMILES string of the molecule is COc1cccc(-c2nc3c(s2)CC(C(=O)O)CC3)c1. The largest absolute Gasteiger partial charge is 0.497 e. The topological polar surface area (TPSA) is 59.4 Å². The molecule has 20 heavy (non-hydrogen) atoms. The number of nitrogens with zero attached hydrogens (tertiary/aromatic N) is 1. The molecule has 3 rings (SSSR count). The van der Waals surface area contributed by atoms with Gasteiger partial charge in [-0.25, -0.2) is 4.98 Å². The van der Waals surface area contributed by atoms with E-state index in [0.717, 1.165) is 33.3 Å². The van der Waals surface area contributed by atoms with Gasteiger partial charge in [0.2, 0.25) is 0 Å². The second-order valence-electron chi connectivity index (χ2n) is 4.90. The Balaban J connectivity index is 1.92. The number of carboxylic acid groups (broad SMARTS) is 1. The summed E-state index contributed by atoms with van der Waals surface area (Å²) in [5.74, 6) is -0.160. The number of carboxylic acids is 1. The summed E-state index contributed by atoms with van der Waals surface area (Å²) in [5, 5.41) is 10.1. The number of aryl methyl sites for hydroxylation is 1. The van der Waals surface area contributed by atoms with E-state index >= 15 is 0 Å². The molecule has 2 aromatic rings. The number of aliphatic carboxylic acids is 1. The number of carbonyl (C=O) groups is 1. The molecule has 0 spiro atoms. The molecule has 0 saturated carbocycles. The lowest BCUT2D eigenvalue weighted by Crippen LogP contribution is -2.21. The molecule has 1 aromatic heterocycles. The molecule has 1 aliphatic carbocycles. The third kappa shape index (κ3) is 2.41.